The number of rotatable bonds is 1. The summed E-state index contributed by atoms with van der Waals surface area (Å²) in [6.45, 7) is 0.723. The summed E-state index contributed by atoms with van der Waals surface area (Å²) in [6, 6.07) is 6.56. The largest absolute Gasteiger partial charge is 0.332 e. The van der Waals surface area contributed by atoms with Gasteiger partial charge in [-0.15, -0.1) is 0 Å². The van der Waals surface area contributed by atoms with Crippen LogP contribution in [0.1, 0.15) is 19.3 Å². The Hall–Kier alpha value is -1.55. The van der Waals surface area contributed by atoms with E-state index in [1.165, 1.54) is 11.3 Å². The standard InChI is InChI=1S/C15H15ClN2O2/c16-11-6-1-2-7-12(11)18-14(19)13-10-5-3-4-9(10)8-17(13)15(18)20/h1-2,6-7,9-10,13H,3-5,8H2. The number of nitrogens with zero attached hydrogens (tertiary/aromatic N) is 2. The maximum atomic E-state index is 12.7. The number of anilines is 1. The van der Waals surface area contributed by atoms with E-state index in [1.54, 1.807) is 29.2 Å². The third-order valence-corrected chi connectivity index (χ3v) is 5.21. The summed E-state index contributed by atoms with van der Waals surface area (Å²) in [5.74, 6) is 0.762. The lowest BCUT2D eigenvalue weighted by atomic mass is 9.93. The zero-order valence-corrected chi connectivity index (χ0v) is 11.7. The van der Waals surface area contributed by atoms with Gasteiger partial charge < -0.3 is 4.90 Å². The molecule has 4 rings (SSSR count). The monoisotopic (exact) mass is 290 g/mol. The highest BCUT2D eigenvalue weighted by Crippen LogP contribution is 2.46. The minimum absolute atomic E-state index is 0.0995. The Bertz CT molecular complexity index is 603. The van der Waals surface area contributed by atoms with Crippen molar-refractivity contribution < 1.29 is 9.59 Å². The van der Waals surface area contributed by atoms with Crippen LogP contribution in [0.4, 0.5) is 10.5 Å². The zero-order chi connectivity index (χ0) is 13.9. The van der Waals surface area contributed by atoms with Crippen molar-refractivity contribution >= 4 is 29.2 Å². The molecule has 0 radical (unpaired) electrons. The molecule has 20 heavy (non-hydrogen) atoms. The van der Waals surface area contributed by atoms with E-state index in [0.717, 1.165) is 19.4 Å². The Labute approximate surface area is 122 Å². The number of urea groups is 1. The van der Waals surface area contributed by atoms with Gasteiger partial charge in [0.2, 0.25) is 0 Å². The second kappa shape index (κ2) is 4.22. The molecule has 1 aliphatic carbocycles. The van der Waals surface area contributed by atoms with E-state index >= 15 is 0 Å². The van der Waals surface area contributed by atoms with E-state index < -0.39 is 0 Å². The molecule has 4 nitrogen and oxygen atoms in total. The topological polar surface area (TPSA) is 40.6 Å². The fraction of sp³-hybridized carbons (Fsp3) is 0.467. The molecule has 2 aliphatic heterocycles. The van der Waals surface area contributed by atoms with Crippen molar-refractivity contribution in [2.24, 2.45) is 11.8 Å². The summed E-state index contributed by atoms with van der Waals surface area (Å²) in [7, 11) is 0. The molecule has 3 unspecified atom stereocenters. The van der Waals surface area contributed by atoms with Gasteiger partial charge in [0, 0.05) is 6.54 Å². The van der Waals surface area contributed by atoms with Crippen molar-refractivity contribution in [2.45, 2.75) is 25.3 Å². The molecule has 104 valence electrons. The highest BCUT2D eigenvalue weighted by Gasteiger charge is 2.57. The third-order valence-electron chi connectivity index (χ3n) is 4.89. The number of fused-ring (bicyclic) bond motifs is 3. The van der Waals surface area contributed by atoms with Crippen molar-refractivity contribution in [1.82, 2.24) is 4.90 Å². The Balaban J connectivity index is 1.73. The van der Waals surface area contributed by atoms with Gasteiger partial charge in [-0.1, -0.05) is 30.2 Å². The van der Waals surface area contributed by atoms with Gasteiger partial charge in [-0.05, 0) is 36.8 Å². The smallest absolute Gasteiger partial charge is 0.311 e. The molecule has 3 aliphatic rings. The predicted octanol–water partition coefficient (Wildman–Crippen LogP) is 2.91. The number of benzene rings is 1. The molecule has 5 heteroatoms. The number of hydrogen-bond acceptors (Lipinski definition) is 2. The average Bonchev–Trinajstić information content (AvgIpc) is 3.05. The molecule has 1 saturated carbocycles. The molecule has 3 fully saturated rings. The lowest BCUT2D eigenvalue weighted by molar-refractivity contribution is -0.120. The first-order valence-corrected chi connectivity index (χ1v) is 7.45. The van der Waals surface area contributed by atoms with E-state index in [1.807, 2.05) is 0 Å². The fourth-order valence-corrected chi connectivity index (χ4v) is 4.25. The molecule has 2 heterocycles. The van der Waals surface area contributed by atoms with Gasteiger partial charge >= 0.3 is 6.03 Å². The first-order valence-electron chi connectivity index (χ1n) is 7.07. The zero-order valence-electron chi connectivity index (χ0n) is 11.0. The molecular weight excluding hydrogens is 276 g/mol. The van der Waals surface area contributed by atoms with E-state index in [2.05, 4.69) is 0 Å². The molecule has 0 N–H and O–H groups in total. The molecule has 1 aromatic carbocycles. The van der Waals surface area contributed by atoms with Gasteiger partial charge in [0.15, 0.2) is 0 Å². The van der Waals surface area contributed by atoms with Gasteiger partial charge in [0.25, 0.3) is 5.91 Å². The number of amides is 3. The molecule has 0 spiro atoms. The molecule has 3 amide bonds. The predicted molar refractivity (Wildman–Crippen MR) is 75.7 cm³/mol. The highest BCUT2D eigenvalue weighted by molar-refractivity contribution is 6.36. The van der Waals surface area contributed by atoms with Crippen LogP contribution in [-0.4, -0.2) is 29.4 Å². The minimum Gasteiger partial charge on any atom is -0.311 e. The number of carbonyl (C=O) groups excluding carboxylic acids is 2. The summed E-state index contributed by atoms with van der Waals surface area (Å²) in [5.41, 5.74) is 0.508. The summed E-state index contributed by atoms with van der Waals surface area (Å²) in [5, 5.41) is 0.443. The number of carbonyl (C=O) groups is 2. The fourth-order valence-electron chi connectivity index (χ4n) is 4.03. The first kappa shape index (κ1) is 12.2. The van der Waals surface area contributed by atoms with Crippen molar-refractivity contribution in [2.75, 3.05) is 11.4 Å². The second-order valence-electron chi connectivity index (χ2n) is 5.86. The van der Waals surface area contributed by atoms with Crippen LogP contribution in [0, 0.1) is 11.8 Å². The summed E-state index contributed by atoms with van der Waals surface area (Å²) >= 11 is 6.14. The van der Waals surface area contributed by atoms with Gasteiger partial charge in [-0.25, -0.2) is 9.69 Å². The van der Waals surface area contributed by atoms with Crippen LogP contribution in [-0.2, 0) is 4.79 Å². The average molecular weight is 291 g/mol. The summed E-state index contributed by atoms with van der Waals surface area (Å²) in [4.78, 5) is 28.3. The van der Waals surface area contributed by atoms with Crippen molar-refractivity contribution in [3.05, 3.63) is 29.3 Å². The van der Waals surface area contributed by atoms with Crippen LogP contribution in [0.5, 0.6) is 0 Å². The number of imide groups is 1. The van der Waals surface area contributed by atoms with Gasteiger partial charge in [-0.3, -0.25) is 4.79 Å². The van der Waals surface area contributed by atoms with Crippen LogP contribution in [0.15, 0.2) is 24.3 Å². The van der Waals surface area contributed by atoms with Crippen LogP contribution >= 0.6 is 11.6 Å². The molecule has 0 aromatic heterocycles. The number of halogens is 1. The van der Waals surface area contributed by atoms with E-state index in [0.29, 0.717) is 22.5 Å². The van der Waals surface area contributed by atoms with E-state index in [-0.39, 0.29) is 18.0 Å². The summed E-state index contributed by atoms with van der Waals surface area (Å²) in [6.07, 6.45) is 3.37. The van der Waals surface area contributed by atoms with Crippen LogP contribution in [0.3, 0.4) is 0 Å². The van der Waals surface area contributed by atoms with Crippen molar-refractivity contribution in [3.8, 4) is 0 Å². The van der Waals surface area contributed by atoms with Crippen molar-refractivity contribution in [1.29, 1.82) is 0 Å². The maximum absolute atomic E-state index is 12.7. The van der Waals surface area contributed by atoms with Crippen LogP contribution in [0.2, 0.25) is 5.02 Å². The summed E-state index contributed by atoms with van der Waals surface area (Å²) < 4.78 is 0. The van der Waals surface area contributed by atoms with Crippen molar-refractivity contribution in [3.63, 3.8) is 0 Å². The quantitative estimate of drug-likeness (QED) is 0.746. The highest BCUT2D eigenvalue weighted by atomic mass is 35.5. The second-order valence-corrected chi connectivity index (χ2v) is 6.27. The third kappa shape index (κ3) is 1.48. The van der Waals surface area contributed by atoms with Gasteiger partial charge in [0.1, 0.15) is 6.04 Å². The Morgan fingerprint density at radius 1 is 1.15 bits per heavy atom. The lowest BCUT2D eigenvalue weighted by Gasteiger charge is -2.18. The van der Waals surface area contributed by atoms with Gasteiger partial charge in [-0.2, -0.15) is 0 Å². The van der Waals surface area contributed by atoms with Crippen LogP contribution < -0.4 is 4.90 Å². The van der Waals surface area contributed by atoms with E-state index in [9.17, 15) is 9.59 Å². The molecule has 3 atom stereocenters. The molecule has 1 aromatic rings. The number of para-hydroxylation sites is 1. The SMILES string of the molecule is O=C1C2C3CCCC3CN2C(=O)N1c1ccccc1Cl. The Morgan fingerprint density at radius 3 is 2.75 bits per heavy atom. The number of hydrogen-bond donors (Lipinski definition) is 0. The van der Waals surface area contributed by atoms with E-state index in [4.69, 9.17) is 11.6 Å². The Morgan fingerprint density at radius 2 is 1.95 bits per heavy atom. The lowest BCUT2D eigenvalue weighted by Crippen LogP contribution is -2.35. The first-order chi connectivity index (χ1) is 9.68. The molecule has 2 saturated heterocycles. The molecular formula is C15H15ClN2O2. The minimum atomic E-state index is -0.258. The maximum Gasteiger partial charge on any atom is 0.332 e. The van der Waals surface area contributed by atoms with Crippen LogP contribution in [0.25, 0.3) is 0 Å². The molecule has 0 bridgehead atoms. The normalized spacial score (nSPS) is 31.9. The Kier molecular flexibility index (Phi) is 2.58. The van der Waals surface area contributed by atoms with Gasteiger partial charge in [0.05, 0.1) is 10.7 Å².